The fourth-order valence-electron chi connectivity index (χ4n) is 1.48. The van der Waals surface area contributed by atoms with Gasteiger partial charge in [0.15, 0.2) is 0 Å². The zero-order valence-electron chi connectivity index (χ0n) is 9.86. The van der Waals surface area contributed by atoms with Gasteiger partial charge in [-0.3, -0.25) is 0 Å². The molecule has 0 N–H and O–H groups in total. The molecule has 2 aromatic rings. The molecule has 0 aliphatic heterocycles. The Kier molecular flexibility index (Phi) is 3.68. The van der Waals surface area contributed by atoms with Gasteiger partial charge in [0, 0.05) is 5.56 Å². The first kappa shape index (κ1) is 11.6. The van der Waals surface area contributed by atoms with Crippen LogP contribution in [0.5, 0.6) is 0 Å². The summed E-state index contributed by atoms with van der Waals surface area (Å²) in [6.45, 7) is 4.07. The van der Waals surface area contributed by atoms with E-state index in [1.807, 2.05) is 49.9 Å². The SMILES string of the molecule is C[Si]C#Cc1nnc(-c2ccccc2)cc1C. The van der Waals surface area contributed by atoms with Crippen LogP contribution in [0.4, 0.5) is 0 Å². The normalized spacial score (nSPS) is 9.53. The van der Waals surface area contributed by atoms with Gasteiger partial charge in [-0.1, -0.05) is 42.8 Å². The molecule has 0 unspecified atom stereocenters. The zero-order valence-corrected chi connectivity index (χ0v) is 10.9. The summed E-state index contributed by atoms with van der Waals surface area (Å²) in [5, 5.41) is 8.39. The Balaban J connectivity index is 2.38. The van der Waals surface area contributed by atoms with Crippen LogP contribution in [-0.2, 0) is 0 Å². The summed E-state index contributed by atoms with van der Waals surface area (Å²) < 4.78 is 0. The highest BCUT2D eigenvalue weighted by Crippen LogP contribution is 2.17. The van der Waals surface area contributed by atoms with Crippen molar-refractivity contribution >= 4 is 9.52 Å². The van der Waals surface area contributed by atoms with Gasteiger partial charge in [-0.05, 0) is 18.6 Å². The number of rotatable bonds is 1. The van der Waals surface area contributed by atoms with Gasteiger partial charge >= 0.3 is 0 Å². The van der Waals surface area contributed by atoms with Gasteiger partial charge in [-0.25, -0.2) is 0 Å². The van der Waals surface area contributed by atoms with E-state index in [4.69, 9.17) is 0 Å². The Morgan fingerprint density at radius 2 is 1.88 bits per heavy atom. The first-order chi connectivity index (χ1) is 8.31. The topological polar surface area (TPSA) is 25.8 Å². The maximum absolute atomic E-state index is 4.21. The summed E-state index contributed by atoms with van der Waals surface area (Å²) in [6, 6.07) is 12.1. The van der Waals surface area contributed by atoms with Crippen LogP contribution in [0, 0.1) is 18.4 Å². The lowest BCUT2D eigenvalue weighted by Gasteiger charge is -2.02. The van der Waals surface area contributed by atoms with Gasteiger partial charge in [0.2, 0.25) is 0 Å². The summed E-state index contributed by atoms with van der Waals surface area (Å²) in [7, 11) is 0.621. The molecule has 0 bridgehead atoms. The molecule has 1 heterocycles. The molecular weight excluding hydrogens is 224 g/mol. The van der Waals surface area contributed by atoms with Crippen molar-refractivity contribution in [2.75, 3.05) is 0 Å². The summed E-state index contributed by atoms with van der Waals surface area (Å²) in [4.78, 5) is 0. The Morgan fingerprint density at radius 3 is 2.53 bits per heavy atom. The monoisotopic (exact) mass is 236 g/mol. The lowest BCUT2D eigenvalue weighted by Crippen LogP contribution is -1.95. The van der Waals surface area contributed by atoms with E-state index in [2.05, 4.69) is 21.7 Å². The second-order valence-electron chi connectivity index (χ2n) is 3.63. The second kappa shape index (κ2) is 5.42. The molecule has 0 saturated carbocycles. The van der Waals surface area contributed by atoms with Crippen LogP contribution in [-0.4, -0.2) is 19.7 Å². The maximum atomic E-state index is 4.21. The Morgan fingerprint density at radius 1 is 1.12 bits per heavy atom. The van der Waals surface area contributed by atoms with Crippen molar-refractivity contribution in [2.45, 2.75) is 13.5 Å². The lowest BCUT2D eigenvalue weighted by molar-refractivity contribution is 1.00. The van der Waals surface area contributed by atoms with Crippen molar-refractivity contribution < 1.29 is 0 Å². The van der Waals surface area contributed by atoms with Gasteiger partial charge in [0.05, 0.1) is 5.69 Å². The molecule has 1 aromatic carbocycles. The molecule has 3 heteroatoms. The largest absolute Gasteiger partial charge is 0.149 e. The summed E-state index contributed by atoms with van der Waals surface area (Å²) in [5.74, 6) is 3.03. The first-order valence-corrected chi connectivity index (χ1v) is 6.89. The Labute approximate surface area is 104 Å². The van der Waals surface area contributed by atoms with E-state index in [1.165, 1.54) is 0 Å². The summed E-state index contributed by atoms with van der Waals surface area (Å²) in [6.07, 6.45) is 0. The average Bonchev–Trinajstić information content (AvgIpc) is 2.38. The third kappa shape index (κ3) is 2.80. The van der Waals surface area contributed by atoms with Crippen LogP contribution in [0.2, 0.25) is 6.55 Å². The molecular formula is C14H12N2Si. The Bertz CT molecular complexity index is 568. The minimum Gasteiger partial charge on any atom is -0.149 e. The number of hydrogen-bond acceptors (Lipinski definition) is 2. The minimum atomic E-state index is 0.621. The fraction of sp³-hybridized carbons (Fsp3) is 0.143. The second-order valence-corrected chi connectivity index (χ2v) is 4.38. The van der Waals surface area contributed by atoms with Crippen LogP contribution in [0.3, 0.4) is 0 Å². The lowest BCUT2D eigenvalue weighted by atomic mass is 10.1. The molecule has 82 valence electrons. The van der Waals surface area contributed by atoms with E-state index in [-0.39, 0.29) is 0 Å². The van der Waals surface area contributed by atoms with E-state index in [0.29, 0.717) is 9.52 Å². The van der Waals surface area contributed by atoms with E-state index in [0.717, 1.165) is 22.5 Å². The number of aryl methyl sites for hydroxylation is 1. The fourth-order valence-corrected chi connectivity index (χ4v) is 1.72. The molecule has 1 aromatic heterocycles. The molecule has 0 saturated heterocycles. The van der Waals surface area contributed by atoms with Crippen LogP contribution in [0.1, 0.15) is 11.3 Å². The van der Waals surface area contributed by atoms with E-state index in [9.17, 15) is 0 Å². The van der Waals surface area contributed by atoms with Gasteiger partial charge in [0.25, 0.3) is 0 Å². The molecule has 0 amide bonds. The van der Waals surface area contributed by atoms with Gasteiger partial charge < -0.3 is 0 Å². The molecule has 0 atom stereocenters. The predicted octanol–water partition coefficient (Wildman–Crippen LogP) is 2.51. The Hall–Kier alpha value is -1.92. The van der Waals surface area contributed by atoms with Crippen LogP contribution in [0.25, 0.3) is 11.3 Å². The van der Waals surface area contributed by atoms with Gasteiger partial charge in [-0.2, -0.15) is 0 Å². The average molecular weight is 236 g/mol. The van der Waals surface area contributed by atoms with Crippen molar-refractivity contribution in [3.63, 3.8) is 0 Å². The zero-order chi connectivity index (χ0) is 12.1. The highest BCUT2D eigenvalue weighted by molar-refractivity contribution is 6.44. The van der Waals surface area contributed by atoms with Crippen LogP contribution < -0.4 is 0 Å². The van der Waals surface area contributed by atoms with Gasteiger partial charge in [0.1, 0.15) is 15.2 Å². The standard InChI is InChI=1S/C14H12N2Si/c1-11-10-14(12-6-4-3-5-7-12)16-15-13(11)8-9-17-2/h3-7,10H,1-2H3. The highest BCUT2D eigenvalue weighted by Gasteiger charge is 2.02. The molecule has 2 nitrogen and oxygen atoms in total. The highest BCUT2D eigenvalue weighted by atomic mass is 28.2. The number of aromatic nitrogens is 2. The molecule has 0 aliphatic carbocycles. The quantitative estimate of drug-likeness (QED) is 0.561. The third-order valence-corrected chi connectivity index (χ3v) is 2.73. The summed E-state index contributed by atoms with van der Waals surface area (Å²) in [5.41, 5.74) is 6.87. The maximum Gasteiger partial charge on any atom is 0.145 e. The van der Waals surface area contributed by atoms with E-state index < -0.39 is 0 Å². The third-order valence-electron chi connectivity index (χ3n) is 2.36. The number of nitrogens with zero attached hydrogens (tertiary/aromatic N) is 2. The molecule has 0 aliphatic rings. The summed E-state index contributed by atoms with van der Waals surface area (Å²) >= 11 is 0. The predicted molar refractivity (Wildman–Crippen MR) is 70.7 cm³/mol. The van der Waals surface area contributed by atoms with Crippen LogP contribution in [0.15, 0.2) is 36.4 Å². The van der Waals surface area contributed by atoms with E-state index >= 15 is 0 Å². The first-order valence-electron chi connectivity index (χ1n) is 5.39. The van der Waals surface area contributed by atoms with Crippen molar-refractivity contribution in [3.05, 3.63) is 47.7 Å². The molecule has 2 radical (unpaired) electrons. The molecule has 2 rings (SSSR count). The van der Waals surface area contributed by atoms with Crippen LogP contribution >= 0.6 is 0 Å². The number of benzene rings is 1. The van der Waals surface area contributed by atoms with E-state index in [1.54, 1.807) is 0 Å². The minimum absolute atomic E-state index is 0.621. The molecule has 0 spiro atoms. The van der Waals surface area contributed by atoms with Crippen molar-refractivity contribution in [2.24, 2.45) is 0 Å². The van der Waals surface area contributed by atoms with Crippen molar-refractivity contribution in [3.8, 4) is 22.7 Å². The van der Waals surface area contributed by atoms with Crippen molar-refractivity contribution in [1.82, 2.24) is 10.2 Å². The van der Waals surface area contributed by atoms with Crippen molar-refractivity contribution in [1.29, 1.82) is 0 Å². The molecule has 0 fully saturated rings. The molecule has 17 heavy (non-hydrogen) atoms. The van der Waals surface area contributed by atoms with Gasteiger partial charge in [-0.15, -0.1) is 15.7 Å². The number of hydrogen-bond donors (Lipinski definition) is 0. The smallest absolute Gasteiger partial charge is 0.145 e.